The molecule has 1 unspecified atom stereocenters. The number of para-hydroxylation sites is 1. The van der Waals surface area contributed by atoms with Crippen molar-refractivity contribution in [2.45, 2.75) is 39.8 Å². The molecule has 2 aromatic rings. The minimum absolute atomic E-state index is 0.481. The van der Waals surface area contributed by atoms with Crippen LogP contribution in [0.5, 0.6) is 0 Å². The van der Waals surface area contributed by atoms with E-state index in [2.05, 4.69) is 68.4 Å². The van der Waals surface area contributed by atoms with Crippen LogP contribution in [0.25, 0.3) is 10.9 Å². The van der Waals surface area contributed by atoms with E-state index in [1.54, 1.807) is 0 Å². The van der Waals surface area contributed by atoms with Gasteiger partial charge < -0.3 is 10.2 Å². The minimum Gasteiger partial charge on any atom is -0.357 e. The van der Waals surface area contributed by atoms with Crippen LogP contribution in [0.2, 0.25) is 0 Å². The summed E-state index contributed by atoms with van der Waals surface area (Å²) >= 11 is 0. The number of benzene rings is 1. The highest BCUT2D eigenvalue weighted by Crippen LogP contribution is 2.25. The molecule has 0 aliphatic carbocycles. The summed E-state index contributed by atoms with van der Waals surface area (Å²) in [5, 5.41) is 4.46. The number of aromatic nitrogens is 1. The maximum absolute atomic E-state index is 4.91. The highest BCUT2D eigenvalue weighted by Gasteiger charge is 2.16. The van der Waals surface area contributed by atoms with Crippen molar-refractivity contribution in [3.05, 3.63) is 35.9 Å². The van der Waals surface area contributed by atoms with Crippen molar-refractivity contribution < 1.29 is 0 Å². The molecular formula is C18H27N3. The Morgan fingerprint density at radius 1 is 1.19 bits per heavy atom. The van der Waals surface area contributed by atoms with Crippen LogP contribution in [0.15, 0.2) is 30.3 Å². The molecule has 1 aromatic heterocycles. The Morgan fingerprint density at radius 2 is 1.90 bits per heavy atom. The van der Waals surface area contributed by atoms with Crippen LogP contribution >= 0.6 is 0 Å². The number of pyridine rings is 1. The van der Waals surface area contributed by atoms with Crippen molar-refractivity contribution >= 4 is 16.7 Å². The van der Waals surface area contributed by atoms with E-state index in [1.807, 2.05) is 7.05 Å². The van der Waals surface area contributed by atoms with Gasteiger partial charge in [0.05, 0.1) is 5.52 Å². The predicted molar refractivity (Wildman–Crippen MR) is 91.8 cm³/mol. The summed E-state index contributed by atoms with van der Waals surface area (Å²) < 4.78 is 0. The fraction of sp³-hybridized carbons (Fsp3) is 0.500. The van der Waals surface area contributed by atoms with Gasteiger partial charge in [-0.1, -0.05) is 32.0 Å². The fourth-order valence-corrected chi connectivity index (χ4v) is 2.82. The summed E-state index contributed by atoms with van der Waals surface area (Å²) in [5.74, 6) is 1.78. The first-order valence-electron chi connectivity index (χ1n) is 7.79. The van der Waals surface area contributed by atoms with Gasteiger partial charge in [-0.05, 0) is 38.4 Å². The molecule has 0 saturated heterocycles. The zero-order valence-electron chi connectivity index (χ0n) is 13.9. The SMILES string of the molecule is CNCc1cc2ccccc2nc1N(C)C(C)CC(C)C. The Hall–Kier alpha value is -1.61. The van der Waals surface area contributed by atoms with Gasteiger partial charge in [-0.25, -0.2) is 4.98 Å². The molecule has 0 saturated carbocycles. The van der Waals surface area contributed by atoms with Crippen LogP contribution in [-0.2, 0) is 6.54 Å². The first-order valence-corrected chi connectivity index (χ1v) is 7.79. The summed E-state index contributed by atoms with van der Waals surface area (Å²) in [4.78, 5) is 7.23. The number of fused-ring (bicyclic) bond motifs is 1. The average Bonchev–Trinajstić information content (AvgIpc) is 2.45. The van der Waals surface area contributed by atoms with Crippen molar-refractivity contribution in [1.82, 2.24) is 10.3 Å². The Morgan fingerprint density at radius 3 is 2.57 bits per heavy atom. The van der Waals surface area contributed by atoms with E-state index >= 15 is 0 Å². The van der Waals surface area contributed by atoms with Gasteiger partial charge in [0.15, 0.2) is 0 Å². The lowest BCUT2D eigenvalue weighted by molar-refractivity contribution is 0.501. The second-order valence-corrected chi connectivity index (χ2v) is 6.28. The van der Waals surface area contributed by atoms with Gasteiger partial charge >= 0.3 is 0 Å². The summed E-state index contributed by atoms with van der Waals surface area (Å²) in [5.41, 5.74) is 2.32. The number of anilines is 1. The largest absolute Gasteiger partial charge is 0.357 e. The van der Waals surface area contributed by atoms with E-state index in [0.717, 1.165) is 17.9 Å². The van der Waals surface area contributed by atoms with Gasteiger partial charge in [0.25, 0.3) is 0 Å². The lowest BCUT2D eigenvalue weighted by Crippen LogP contribution is -2.32. The van der Waals surface area contributed by atoms with Crippen LogP contribution in [0.3, 0.4) is 0 Å². The highest BCUT2D eigenvalue weighted by molar-refractivity contribution is 5.81. The molecule has 0 radical (unpaired) electrons. The molecule has 0 fully saturated rings. The third-order valence-electron chi connectivity index (χ3n) is 3.96. The standard InChI is InChI=1S/C18H27N3/c1-13(2)10-14(3)21(5)18-16(12-19-4)11-15-8-6-7-9-17(15)20-18/h6-9,11,13-14,19H,10,12H2,1-5H3. The Kier molecular flexibility index (Phi) is 5.18. The van der Waals surface area contributed by atoms with E-state index in [0.29, 0.717) is 12.0 Å². The van der Waals surface area contributed by atoms with Crippen molar-refractivity contribution in [3.63, 3.8) is 0 Å². The molecule has 1 aromatic carbocycles. The highest BCUT2D eigenvalue weighted by atomic mass is 15.2. The van der Waals surface area contributed by atoms with Gasteiger partial charge in [-0.15, -0.1) is 0 Å². The smallest absolute Gasteiger partial charge is 0.133 e. The van der Waals surface area contributed by atoms with E-state index in [1.165, 1.54) is 17.4 Å². The van der Waals surface area contributed by atoms with E-state index in [4.69, 9.17) is 4.98 Å². The molecule has 3 nitrogen and oxygen atoms in total. The molecule has 114 valence electrons. The first-order chi connectivity index (χ1) is 10.0. The second kappa shape index (κ2) is 6.90. The molecule has 0 aliphatic heterocycles. The van der Waals surface area contributed by atoms with Gasteiger partial charge in [-0.3, -0.25) is 0 Å². The molecular weight excluding hydrogens is 258 g/mol. The van der Waals surface area contributed by atoms with Gasteiger partial charge in [0.2, 0.25) is 0 Å². The molecule has 2 rings (SSSR count). The third-order valence-corrected chi connectivity index (χ3v) is 3.96. The van der Waals surface area contributed by atoms with Crippen molar-refractivity contribution in [1.29, 1.82) is 0 Å². The van der Waals surface area contributed by atoms with E-state index in [-0.39, 0.29) is 0 Å². The topological polar surface area (TPSA) is 28.2 Å². The van der Waals surface area contributed by atoms with Crippen molar-refractivity contribution in [3.8, 4) is 0 Å². The van der Waals surface area contributed by atoms with Crippen LogP contribution in [-0.4, -0.2) is 25.1 Å². The first kappa shape index (κ1) is 15.8. The predicted octanol–water partition coefficient (Wildman–Crippen LogP) is 3.83. The maximum atomic E-state index is 4.91. The molecule has 0 bridgehead atoms. The molecule has 0 amide bonds. The second-order valence-electron chi connectivity index (χ2n) is 6.28. The van der Waals surface area contributed by atoms with Crippen LogP contribution in [0, 0.1) is 5.92 Å². The van der Waals surface area contributed by atoms with E-state index in [9.17, 15) is 0 Å². The maximum Gasteiger partial charge on any atom is 0.133 e. The molecule has 0 aliphatic rings. The van der Waals surface area contributed by atoms with Crippen molar-refractivity contribution in [2.24, 2.45) is 5.92 Å². The summed E-state index contributed by atoms with van der Waals surface area (Å²) in [6.07, 6.45) is 1.17. The lowest BCUT2D eigenvalue weighted by Gasteiger charge is -2.29. The number of nitrogens with one attached hydrogen (secondary N) is 1. The molecule has 0 spiro atoms. The molecule has 3 heteroatoms. The molecule has 21 heavy (non-hydrogen) atoms. The Balaban J connectivity index is 2.42. The summed E-state index contributed by atoms with van der Waals surface area (Å²) in [6, 6.07) is 11.1. The van der Waals surface area contributed by atoms with Gasteiger partial charge in [-0.2, -0.15) is 0 Å². The summed E-state index contributed by atoms with van der Waals surface area (Å²) in [7, 11) is 4.14. The molecule has 1 N–H and O–H groups in total. The van der Waals surface area contributed by atoms with Gasteiger partial charge in [0, 0.05) is 30.6 Å². The number of rotatable bonds is 6. The van der Waals surface area contributed by atoms with Crippen LogP contribution in [0.4, 0.5) is 5.82 Å². The lowest BCUT2D eigenvalue weighted by atomic mass is 10.0. The third kappa shape index (κ3) is 3.73. The van der Waals surface area contributed by atoms with Gasteiger partial charge in [0.1, 0.15) is 5.82 Å². The molecule has 1 heterocycles. The fourth-order valence-electron chi connectivity index (χ4n) is 2.82. The number of hydrogen-bond acceptors (Lipinski definition) is 3. The average molecular weight is 285 g/mol. The minimum atomic E-state index is 0.481. The zero-order chi connectivity index (χ0) is 15.4. The van der Waals surface area contributed by atoms with Crippen LogP contribution in [0.1, 0.15) is 32.8 Å². The number of hydrogen-bond donors (Lipinski definition) is 1. The Bertz CT molecular complexity index is 592. The summed E-state index contributed by atoms with van der Waals surface area (Å²) in [6.45, 7) is 7.66. The van der Waals surface area contributed by atoms with Crippen LogP contribution < -0.4 is 10.2 Å². The quantitative estimate of drug-likeness (QED) is 0.874. The van der Waals surface area contributed by atoms with Crippen molar-refractivity contribution in [2.75, 3.05) is 19.0 Å². The normalized spacial score (nSPS) is 12.9. The Labute approximate surface area is 128 Å². The monoisotopic (exact) mass is 285 g/mol. The molecule has 1 atom stereocenters. The van der Waals surface area contributed by atoms with E-state index < -0.39 is 0 Å². The number of nitrogens with zero attached hydrogens (tertiary/aromatic N) is 2. The zero-order valence-corrected chi connectivity index (χ0v) is 13.9.